The third-order valence-corrected chi connectivity index (χ3v) is 3.85. The molecule has 1 atom stereocenters. The van der Waals surface area contributed by atoms with Gasteiger partial charge in [0.2, 0.25) is 0 Å². The summed E-state index contributed by atoms with van der Waals surface area (Å²) < 4.78 is 7.28. The summed E-state index contributed by atoms with van der Waals surface area (Å²) in [5.41, 5.74) is 1.73. The Morgan fingerprint density at radius 1 is 1.48 bits per heavy atom. The van der Waals surface area contributed by atoms with Crippen molar-refractivity contribution in [2.75, 3.05) is 19.7 Å². The minimum absolute atomic E-state index is 0.0307. The number of pyridine rings is 1. The second-order valence-corrected chi connectivity index (χ2v) is 5.65. The molecule has 0 aliphatic carbocycles. The Balaban J connectivity index is 1.90. The molecule has 1 unspecified atom stereocenters. The molecule has 0 spiro atoms. The molecule has 0 bridgehead atoms. The lowest BCUT2D eigenvalue weighted by molar-refractivity contribution is -0.0420. The summed E-state index contributed by atoms with van der Waals surface area (Å²) in [4.78, 5) is 18.8. The van der Waals surface area contributed by atoms with Crippen LogP contribution in [0.1, 0.15) is 24.2 Å². The minimum Gasteiger partial charge on any atom is -0.374 e. The minimum atomic E-state index is -0.0307. The van der Waals surface area contributed by atoms with Crippen LogP contribution in [0.2, 0.25) is 0 Å². The van der Waals surface area contributed by atoms with Crippen LogP contribution in [0.25, 0.3) is 11.2 Å². The molecular formula is C14H19N5O2. The van der Waals surface area contributed by atoms with Gasteiger partial charge in [0.25, 0.3) is 5.91 Å². The molecular weight excluding hydrogens is 270 g/mol. The molecule has 3 rings (SSSR count). The van der Waals surface area contributed by atoms with Crippen LogP contribution in [0, 0.1) is 5.92 Å². The average Bonchev–Trinajstić information content (AvgIpc) is 2.88. The van der Waals surface area contributed by atoms with Crippen molar-refractivity contribution in [1.29, 1.82) is 0 Å². The van der Waals surface area contributed by atoms with Crippen LogP contribution < -0.4 is 0 Å². The quantitative estimate of drug-likeness (QED) is 0.820. The first kappa shape index (κ1) is 13.9. The van der Waals surface area contributed by atoms with Crippen molar-refractivity contribution >= 4 is 17.1 Å². The maximum Gasteiger partial charge on any atom is 0.256 e. The largest absolute Gasteiger partial charge is 0.374 e. The fraction of sp³-hybridized carbons (Fsp3) is 0.571. The molecule has 112 valence electrons. The predicted octanol–water partition coefficient (Wildman–Crippen LogP) is 0.860. The number of carbonyl (C=O) groups excluding carboxylic acids is 1. The number of carbonyl (C=O) groups is 1. The molecule has 1 saturated heterocycles. The van der Waals surface area contributed by atoms with E-state index in [4.69, 9.17) is 4.74 Å². The number of nitrogens with zero attached hydrogens (tertiary/aromatic N) is 5. The molecule has 0 saturated carbocycles. The molecule has 0 aromatic carbocycles. The fourth-order valence-electron chi connectivity index (χ4n) is 2.54. The number of hydrogen-bond donors (Lipinski definition) is 0. The number of morpholine rings is 1. The molecule has 1 fully saturated rings. The zero-order valence-electron chi connectivity index (χ0n) is 12.5. The molecule has 0 N–H and O–H groups in total. The van der Waals surface area contributed by atoms with Crippen LogP contribution in [-0.2, 0) is 11.8 Å². The second-order valence-electron chi connectivity index (χ2n) is 5.65. The van der Waals surface area contributed by atoms with Gasteiger partial charge in [-0.25, -0.2) is 9.67 Å². The van der Waals surface area contributed by atoms with Crippen molar-refractivity contribution in [3.05, 3.63) is 17.8 Å². The molecule has 2 aromatic heterocycles. The van der Waals surface area contributed by atoms with Gasteiger partial charge in [0, 0.05) is 26.3 Å². The van der Waals surface area contributed by atoms with E-state index in [1.165, 1.54) is 0 Å². The molecule has 2 aromatic rings. The summed E-state index contributed by atoms with van der Waals surface area (Å²) in [5.74, 6) is 0.353. The zero-order chi connectivity index (χ0) is 15.0. The van der Waals surface area contributed by atoms with Crippen molar-refractivity contribution in [3.63, 3.8) is 0 Å². The average molecular weight is 289 g/mol. The topological polar surface area (TPSA) is 73.1 Å². The Kier molecular flexibility index (Phi) is 3.59. The van der Waals surface area contributed by atoms with Gasteiger partial charge in [0.1, 0.15) is 5.52 Å². The van der Waals surface area contributed by atoms with Crippen LogP contribution in [0.4, 0.5) is 0 Å². The first-order valence-corrected chi connectivity index (χ1v) is 7.13. The highest BCUT2D eigenvalue weighted by atomic mass is 16.5. The van der Waals surface area contributed by atoms with Crippen molar-refractivity contribution in [1.82, 2.24) is 24.9 Å². The van der Waals surface area contributed by atoms with E-state index >= 15 is 0 Å². The zero-order valence-corrected chi connectivity index (χ0v) is 12.5. The Hall–Kier alpha value is -2.02. The molecule has 7 nitrogen and oxygen atoms in total. The maximum atomic E-state index is 12.8. The summed E-state index contributed by atoms with van der Waals surface area (Å²) in [7, 11) is 1.76. The van der Waals surface area contributed by atoms with Crippen molar-refractivity contribution in [2.45, 2.75) is 20.0 Å². The van der Waals surface area contributed by atoms with E-state index in [0.717, 1.165) is 0 Å². The second kappa shape index (κ2) is 5.40. The Morgan fingerprint density at radius 3 is 3.05 bits per heavy atom. The normalized spacial score (nSPS) is 19.4. The third kappa shape index (κ3) is 2.49. The van der Waals surface area contributed by atoms with E-state index in [9.17, 15) is 4.79 Å². The molecule has 21 heavy (non-hydrogen) atoms. The predicted molar refractivity (Wildman–Crippen MR) is 76.8 cm³/mol. The van der Waals surface area contributed by atoms with Gasteiger partial charge >= 0.3 is 0 Å². The number of aryl methyl sites for hydroxylation is 1. The van der Waals surface area contributed by atoms with Gasteiger partial charge in [-0.05, 0) is 12.0 Å². The van der Waals surface area contributed by atoms with E-state index < -0.39 is 0 Å². The number of rotatable bonds is 2. The molecule has 1 aliphatic heterocycles. The molecule has 0 radical (unpaired) electrons. The highest BCUT2D eigenvalue weighted by Crippen LogP contribution is 2.19. The number of fused-ring (bicyclic) bond motifs is 1. The van der Waals surface area contributed by atoms with Crippen molar-refractivity contribution < 1.29 is 9.53 Å². The highest BCUT2D eigenvalue weighted by Gasteiger charge is 2.28. The van der Waals surface area contributed by atoms with Gasteiger partial charge in [-0.1, -0.05) is 19.1 Å². The smallest absolute Gasteiger partial charge is 0.256 e. The SMILES string of the molecule is CC(C)C1CN(C(=O)c2ccnc3c2nnn3C)CCO1. The van der Waals surface area contributed by atoms with E-state index in [2.05, 4.69) is 29.1 Å². The Labute approximate surface area is 122 Å². The van der Waals surface area contributed by atoms with Gasteiger partial charge < -0.3 is 9.64 Å². The lowest BCUT2D eigenvalue weighted by atomic mass is 10.0. The highest BCUT2D eigenvalue weighted by molar-refractivity contribution is 6.03. The summed E-state index contributed by atoms with van der Waals surface area (Å²) in [5, 5.41) is 8.00. The molecule has 1 amide bonds. The van der Waals surface area contributed by atoms with E-state index in [1.54, 1.807) is 24.0 Å². The van der Waals surface area contributed by atoms with Crippen molar-refractivity contribution in [2.24, 2.45) is 13.0 Å². The molecule has 1 aliphatic rings. The summed E-state index contributed by atoms with van der Waals surface area (Å²) in [6, 6.07) is 1.71. The summed E-state index contributed by atoms with van der Waals surface area (Å²) in [6.45, 7) is 5.99. The van der Waals surface area contributed by atoms with Crippen LogP contribution in [0.15, 0.2) is 12.3 Å². The lowest BCUT2D eigenvalue weighted by Crippen LogP contribution is -2.47. The fourth-order valence-corrected chi connectivity index (χ4v) is 2.54. The van der Waals surface area contributed by atoms with E-state index in [1.807, 2.05) is 4.90 Å². The first-order chi connectivity index (χ1) is 10.1. The summed E-state index contributed by atoms with van der Waals surface area (Å²) >= 11 is 0. The lowest BCUT2D eigenvalue weighted by Gasteiger charge is -2.34. The number of hydrogen-bond acceptors (Lipinski definition) is 5. The number of ether oxygens (including phenoxy) is 1. The Morgan fingerprint density at radius 2 is 2.29 bits per heavy atom. The third-order valence-electron chi connectivity index (χ3n) is 3.85. The number of aromatic nitrogens is 4. The van der Waals surface area contributed by atoms with Crippen LogP contribution in [0.5, 0.6) is 0 Å². The molecule has 3 heterocycles. The van der Waals surface area contributed by atoms with E-state index in [-0.39, 0.29) is 12.0 Å². The van der Waals surface area contributed by atoms with E-state index in [0.29, 0.717) is 42.3 Å². The Bertz CT molecular complexity index is 666. The standard InChI is InChI=1S/C14H19N5O2/c1-9(2)11-8-19(6-7-21-11)14(20)10-4-5-15-13-12(10)16-17-18(13)3/h4-5,9,11H,6-8H2,1-3H3. The van der Waals surface area contributed by atoms with Crippen LogP contribution >= 0.6 is 0 Å². The first-order valence-electron chi connectivity index (χ1n) is 7.13. The summed E-state index contributed by atoms with van der Waals surface area (Å²) in [6.07, 6.45) is 1.71. The monoisotopic (exact) mass is 289 g/mol. The van der Waals surface area contributed by atoms with Crippen molar-refractivity contribution in [3.8, 4) is 0 Å². The maximum absolute atomic E-state index is 12.8. The van der Waals surface area contributed by atoms with Crippen LogP contribution in [0.3, 0.4) is 0 Å². The van der Waals surface area contributed by atoms with Gasteiger partial charge in [-0.3, -0.25) is 4.79 Å². The molecule has 7 heteroatoms. The number of amides is 1. The van der Waals surface area contributed by atoms with Gasteiger partial charge in [-0.2, -0.15) is 0 Å². The van der Waals surface area contributed by atoms with Gasteiger partial charge in [0.15, 0.2) is 5.65 Å². The van der Waals surface area contributed by atoms with Gasteiger partial charge in [-0.15, -0.1) is 5.10 Å². The van der Waals surface area contributed by atoms with Gasteiger partial charge in [0.05, 0.1) is 18.3 Å². The van der Waals surface area contributed by atoms with Crippen LogP contribution in [-0.4, -0.2) is 56.6 Å².